The average molecular weight is 598 g/mol. The van der Waals surface area contributed by atoms with Gasteiger partial charge in [-0.25, -0.2) is 0 Å². The molecule has 0 saturated carbocycles. The number of carbonyl (C=O) groups is 1. The minimum absolute atomic E-state index is 0.162. The summed E-state index contributed by atoms with van der Waals surface area (Å²) in [6, 6.07) is 11.9. The molecule has 11 heteroatoms. The van der Waals surface area contributed by atoms with Gasteiger partial charge in [0.25, 0.3) is 5.91 Å². The molecule has 0 aliphatic heterocycles. The van der Waals surface area contributed by atoms with Crippen LogP contribution in [0.3, 0.4) is 0 Å². The fourth-order valence-electron chi connectivity index (χ4n) is 1.91. The quantitative estimate of drug-likeness (QED) is 0.175. The summed E-state index contributed by atoms with van der Waals surface area (Å²) in [5.74, 6) is -0.558. The van der Waals surface area contributed by atoms with E-state index in [1.165, 1.54) is 18.2 Å². The van der Waals surface area contributed by atoms with Gasteiger partial charge in [-0.3, -0.25) is 4.79 Å². The van der Waals surface area contributed by atoms with Gasteiger partial charge in [0.2, 0.25) is 3.79 Å². The highest BCUT2D eigenvalue weighted by Crippen LogP contribution is 2.30. The first-order valence-electron chi connectivity index (χ1n) is 7.22. The van der Waals surface area contributed by atoms with E-state index in [0.717, 1.165) is 9.26 Å². The van der Waals surface area contributed by atoms with Crippen LogP contribution < -0.4 is 16.0 Å². The zero-order valence-corrected chi connectivity index (χ0v) is 20.0. The normalized spacial score (nSPS) is 12.2. The van der Waals surface area contributed by atoms with Crippen molar-refractivity contribution in [2.45, 2.75) is 9.96 Å². The number of alkyl halides is 3. The van der Waals surface area contributed by atoms with Crippen molar-refractivity contribution in [1.29, 1.82) is 0 Å². The molecular weight excluding hydrogens is 586 g/mol. The number of anilines is 1. The molecule has 0 aliphatic rings. The molecule has 144 valence electrons. The van der Waals surface area contributed by atoms with Gasteiger partial charge >= 0.3 is 0 Å². The summed E-state index contributed by atoms with van der Waals surface area (Å²) in [4.78, 5) is 12.5. The molecule has 2 aromatic rings. The number of hydrogen-bond donors (Lipinski definition) is 3. The van der Waals surface area contributed by atoms with E-state index in [1.54, 1.807) is 0 Å². The zero-order valence-electron chi connectivity index (χ0n) is 13.2. The summed E-state index contributed by atoms with van der Waals surface area (Å²) in [6.07, 6.45) is -1.12. The number of benzene rings is 2. The van der Waals surface area contributed by atoms with Crippen LogP contribution in [0.2, 0.25) is 10.0 Å². The summed E-state index contributed by atoms with van der Waals surface area (Å²) in [5.41, 5.74) is 0.918. The van der Waals surface area contributed by atoms with Gasteiger partial charge in [0.05, 0.1) is 10.6 Å². The van der Waals surface area contributed by atoms with Crippen molar-refractivity contribution in [1.82, 2.24) is 10.6 Å². The monoisotopic (exact) mass is 595 g/mol. The predicted octanol–water partition coefficient (Wildman–Crippen LogP) is 6.01. The number of amides is 1. The molecule has 0 fully saturated rings. The van der Waals surface area contributed by atoms with Gasteiger partial charge in [0.1, 0.15) is 6.17 Å². The van der Waals surface area contributed by atoms with Crippen LogP contribution >= 0.6 is 92.8 Å². The van der Waals surface area contributed by atoms with E-state index in [4.69, 9.17) is 70.2 Å². The molecule has 4 nitrogen and oxygen atoms in total. The average Bonchev–Trinajstić information content (AvgIpc) is 2.55. The lowest BCUT2D eigenvalue weighted by Gasteiger charge is -2.28. The largest absolute Gasteiger partial charge is 0.339 e. The second kappa shape index (κ2) is 10.0. The summed E-state index contributed by atoms with van der Waals surface area (Å²) in [5, 5.41) is 9.01. The molecule has 0 heterocycles. The van der Waals surface area contributed by atoms with Crippen molar-refractivity contribution in [3.63, 3.8) is 0 Å². The minimum atomic E-state index is -1.88. The lowest BCUT2D eigenvalue weighted by atomic mass is 10.2. The number of hydrogen-bond acceptors (Lipinski definition) is 2. The number of halogens is 6. The van der Waals surface area contributed by atoms with Crippen LogP contribution in [0.5, 0.6) is 0 Å². The number of carbonyl (C=O) groups excluding carboxylic acids is 1. The van der Waals surface area contributed by atoms with Gasteiger partial charge in [0.15, 0.2) is 5.11 Å². The third-order valence-electron chi connectivity index (χ3n) is 3.16. The van der Waals surface area contributed by atoms with Gasteiger partial charge < -0.3 is 16.0 Å². The van der Waals surface area contributed by atoms with Crippen molar-refractivity contribution in [2.75, 3.05) is 5.32 Å². The molecule has 0 bridgehead atoms. The second-order valence-electron chi connectivity index (χ2n) is 5.18. The highest BCUT2D eigenvalue weighted by Gasteiger charge is 2.35. The molecule has 0 saturated heterocycles. The van der Waals surface area contributed by atoms with Gasteiger partial charge in [-0.2, -0.15) is 0 Å². The number of nitrogens with one attached hydrogen (secondary N) is 3. The van der Waals surface area contributed by atoms with E-state index in [2.05, 4.69) is 38.5 Å². The highest BCUT2D eigenvalue weighted by atomic mass is 127. The number of thiocarbonyl (C=S) groups is 1. The first-order chi connectivity index (χ1) is 12.6. The zero-order chi connectivity index (χ0) is 20.2. The molecule has 0 aromatic heterocycles. The van der Waals surface area contributed by atoms with E-state index in [9.17, 15) is 4.79 Å². The van der Waals surface area contributed by atoms with Crippen LogP contribution in [0.1, 0.15) is 10.4 Å². The standard InChI is InChI=1S/C16H11Cl5IN3OS/c17-8-1-6-11(12(18)7-8)13(26)24-14(16(19,20)21)25-15(27)23-10-4-2-9(22)3-5-10/h1-7,14H,(H,24,26)(H2,23,25,27)/t14-/m1/s1. The lowest BCUT2D eigenvalue weighted by molar-refractivity contribution is 0.0934. The van der Waals surface area contributed by atoms with Crippen LogP contribution in [-0.2, 0) is 0 Å². The summed E-state index contributed by atoms with van der Waals surface area (Å²) >= 11 is 37.2. The maximum absolute atomic E-state index is 12.5. The number of rotatable bonds is 4. The van der Waals surface area contributed by atoms with Crippen molar-refractivity contribution < 1.29 is 4.79 Å². The van der Waals surface area contributed by atoms with Gasteiger partial charge in [-0.05, 0) is 77.3 Å². The Morgan fingerprint density at radius 2 is 1.67 bits per heavy atom. The van der Waals surface area contributed by atoms with Crippen LogP contribution in [0, 0.1) is 3.57 Å². The summed E-state index contributed by atoms with van der Waals surface area (Å²) in [7, 11) is 0. The van der Waals surface area contributed by atoms with E-state index in [0.29, 0.717) is 5.02 Å². The molecule has 2 aromatic carbocycles. The van der Waals surface area contributed by atoms with Crippen molar-refractivity contribution in [2.24, 2.45) is 0 Å². The maximum atomic E-state index is 12.5. The fourth-order valence-corrected chi connectivity index (χ4v) is 3.33. The van der Waals surface area contributed by atoms with Crippen LogP contribution in [0.25, 0.3) is 0 Å². The van der Waals surface area contributed by atoms with Crippen molar-refractivity contribution >= 4 is 110 Å². The van der Waals surface area contributed by atoms with E-state index < -0.39 is 15.9 Å². The van der Waals surface area contributed by atoms with E-state index >= 15 is 0 Å². The SMILES string of the molecule is O=C(N[C@H](NC(=S)Nc1ccc(I)cc1)C(Cl)(Cl)Cl)c1ccc(Cl)cc1Cl. The molecule has 1 atom stereocenters. The molecule has 0 spiro atoms. The molecule has 0 unspecified atom stereocenters. The summed E-state index contributed by atoms with van der Waals surface area (Å²) < 4.78 is -0.810. The van der Waals surface area contributed by atoms with Crippen LogP contribution in [0.4, 0.5) is 5.69 Å². The van der Waals surface area contributed by atoms with E-state index in [1.807, 2.05) is 24.3 Å². The van der Waals surface area contributed by atoms with Gasteiger partial charge in [-0.15, -0.1) is 0 Å². The fraction of sp³-hybridized carbons (Fsp3) is 0.125. The molecular formula is C16H11Cl5IN3OS. The molecule has 27 heavy (non-hydrogen) atoms. The Bertz CT molecular complexity index is 845. The highest BCUT2D eigenvalue weighted by molar-refractivity contribution is 14.1. The van der Waals surface area contributed by atoms with Crippen molar-refractivity contribution in [3.8, 4) is 0 Å². The Kier molecular flexibility index (Phi) is 8.54. The van der Waals surface area contributed by atoms with Gasteiger partial charge in [0, 0.05) is 14.3 Å². The molecule has 3 N–H and O–H groups in total. The molecule has 0 aliphatic carbocycles. The molecule has 0 radical (unpaired) electrons. The third-order valence-corrected chi connectivity index (χ3v) is 5.30. The maximum Gasteiger partial charge on any atom is 0.254 e. The topological polar surface area (TPSA) is 53.2 Å². The minimum Gasteiger partial charge on any atom is -0.339 e. The van der Waals surface area contributed by atoms with Crippen LogP contribution in [0.15, 0.2) is 42.5 Å². The van der Waals surface area contributed by atoms with Gasteiger partial charge in [-0.1, -0.05) is 58.0 Å². The first kappa shape index (κ1) is 23.1. The Balaban J connectivity index is 2.09. The molecule has 1 amide bonds. The first-order valence-corrected chi connectivity index (χ1v) is 10.6. The Hall–Kier alpha value is -0.220. The lowest BCUT2D eigenvalue weighted by Crippen LogP contribution is -2.56. The Morgan fingerprint density at radius 3 is 2.22 bits per heavy atom. The Morgan fingerprint density at radius 1 is 1.04 bits per heavy atom. The molecule has 2 rings (SSSR count). The second-order valence-corrected chi connectivity index (χ2v) is 10.0. The summed E-state index contributed by atoms with van der Waals surface area (Å²) in [6.45, 7) is 0. The predicted molar refractivity (Wildman–Crippen MR) is 127 cm³/mol. The third kappa shape index (κ3) is 7.27. The smallest absolute Gasteiger partial charge is 0.254 e. The Labute approximate surface area is 200 Å². The van der Waals surface area contributed by atoms with E-state index in [-0.39, 0.29) is 15.7 Å². The van der Waals surface area contributed by atoms with Crippen molar-refractivity contribution in [3.05, 3.63) is 61.6 Å². The van der Waals surface area contributed by atoms with Crippen LogP contribution in [-0.4, -0.2) is 21.0 Å².